The van der Waals surface area contributed by atoms with Crippen molar-refractivity contribution >= 4 is 49.4 Å². The minimum atomic E-state index is -0.396. The van der Waals surface area contributed by atoms with E-state index in [1.807, 2.05) is 42.5 Å². The molecule has 3 N–H and O–H groups in total. The molecular formula is C20H16Br2N2O2. The van der Waals surface area contributed by atoms with Crippen molar-refractivity contribution in [1.82, 2.24) is 0 Å². The zero-order chi connectivity index (χ0) is 18.9. The molecule has 0 bridgehead atoms. The Hall–Kier alpha value is -2.44. The maximum absolute atomic E-state index is 11.8. The van der Waals surface area contributed by atoms with Gasteiger partial charge in [0.1, 0.15) is 0 Å². The molecule has 6 heteroatoms. The van der Waals surface area contributed by atoms with Crippen LogP contribution in [0.4, 0.5) is 5.69 Å². The minimum Gasteiger partial charge on any atom is -0.366 e. The van der Waals surface area contributed by atoms with Gasteiger partial charge in [0, 0.05) is 25.8 Å². The largest absolute Gasteiger partial charge is 0.366 e. The van der Waals surface area contributed by atoms with Crippen molar-refractivity contribution in [2.24, 2.45) is 5.73 Å². The number of carbonyl (C=O) groups is 2. The van der Waals surface area contributed by atoms with E-state index in [4.69, 9.17) is 5.73 Å². The van der Waals surface area contributed by atoms with Gasteiger partial charge in [-0.05, 0) is 60.7 Å². The lowest BCUT2D eigenvalue weighted by Gasteiger charge is -2.04. The first-order valence-electron chi connectivity index (χ1n) is 7.63. The van der Waals surface area contributed by atoms with Gasteiger partial charge < -0.3 is 11.1 Å². The van der Waals surface area contributed by atoms with E-state index < -0.39 is 5.91 Å². The summed E-state index contributed by atoms with van der Waals surface area (Å²) in [7, 11) is 0. The fourth-order valence-electron chi connectivity index (χ4n) is 1.94. The number of amides is 2. The number of primary amides is 1. The quantitative estimate of drug-likeness (QED) is 0.543. The minimum absolute atomic E-state index is 0.0984. The predicted octanol–water partition coefficient (Wildman–Crippen LogP) is 5.25. The summed E-state index contributed by atoms with van der Waals surface area (Å²) < 4.78 is 1.90. The second-order valence-electron chi connectivity index (χ2n) is 5.20. The lowest BCUT2D eigenvalue weighted by atomic mass is 10.2. The molecule has 0 saturated carbocycles. The Labute approximate surface area is 168 Å². The maximum Gasteiger partial charge on any atom is 0.255 e. The smallest absolute Gasteiger partial charge is 0.255 e. The first kappa shape index (κ1) is 19.9. The number of anilines is 1. The van der Waals surface area contributed by atoms with Gasteiger partial charge in [-0.1, -0.05) is 50.1 Å². The summed E-state index contributed by atoms with van der Waals surface area (Å²) in [4.78, 5) is 22.3. The Balaban J connectivity index is 0.000000209. The lowest BCUT2D eigenvalue weighted by molar-refractivity contribution is 0.0997. The predicted molar refractivity (Wildman–Crippen MR) is 111 cm³/mol. The molecule has 3 aromatic rings. The van der Waals surface area contributed by atoms with Crippen LogP contribution in [0.1, 0.15) is 20.7 Å². The fourth-order valence-corrected chi connectivity index (χ4v) is 2.47. The third-order valence-electron chi connectivity index (χ3n) is 3.27. The highest BCUT2D eigenvalue weighted by Gasteiger charge is 2.04. The van der Waals surface area contributed by atoms with Crippen molar-refractivity contribution in [1.29, 1.82) is 0 Å². The molecule has 3 aromatic carbocycles. The van der Waals surface area contributed by atoms with Gasteiger partial charge in [-0.15, -0.1) is 0 Å². The van der Waals surface area contributed by atoms with Crippen molar-refractivity contribution in [3.8, 4) is 0 Å². The molecule has 0 saturated heterocycles. The highest BCUT2D eigenvalue weighted by atomic mass is 79.9. The van der Waals surface area contributed by atoms with Gasteiger partial charge >= 0.3 is 0 Å². The van der Waals surface area contributed by atoms with Crippen LogP contribution in [-0.2, 0) is 0 Å². The van der Waals surface area contributed by atoms with Gasteiger partial charge in [-0.25, -0.2) is 0 Å². The van der Waals surface area contributed by atoms with Crippen LogP contribution in [0.25, 0.3) is 0 Å². The third kappa shape index (κ3) is 6.46. The first-order chi connectivity index (χ1) is 12.5. The molecule has 0 atom stereocenters. The highest BCUT2D eigenvalue weighted by Crippen LogP contribution is 2.13. The van der Waals surface area contributed by atoms with E-state index in [0.717, 1.165) is 14.6 Å². The van der Waals surface area contributed by atoms with Gasteiger partial charge in [0.05, 0.1) is 0 Å². The maximum atomic E-state index is 11.8. The standard InChI is InChI=1S/C13H10BrNO.C7H6BrNO/c14-11-8-6-10(7-9-11)13(16)15-12-4-2-1-3-5-12;8-6-3-1-5(2-4-6)7(9)10/h1-9H,(H,15,16);1-4H,(H2,9,10). The van der Waals surface area contributed by atoms with E-state index in [2.05, 4.69) is 37.2 Å². The zero-order valence-corrected chi connectivity index (χ0v) is 16.8. The van der Waals surface area contributed by atoms with E-state index in [0.29, 0.717) is 11.1 Å². The van der Waals surface area contributed by atoms with Crippen LogP contribution >= 0.6 is 31.9 Å². The lowest BCUT2D eigenvalue weighted by Crippen LogP contribution is -2.11. The monoisotopic (exact) mass is 474 g/mol. The highest BCUT2D eigenvalue weighted by molar-refractivity contribution is 9.10. The number of halogens is 2. The number of carbonyl (C=O) groups excluding carboxylic acids is 2. The Morgan fingerprint density at radius 3 is 1.62 bits per heavy atom. The number of rotatable bonds is 3. The normalized spacial score (nSPS) is 9.62. The molecule has 0 fully saturated rings. The molecule has 26 heavy (non-hydrogen) atoms. The number of benzene rings is 3. The molecular weight excluding hydrogens is 460 g/mol. The summed E-state index contributed by atoms with van der Waals surface area (Å²) in [5.74, 6) is -0.494. The molecule has 0 aliphatic heterocycles. The Morgan fingerprint density at radius 1 is 0.692 bits per heavy atom. The Kier molecular flexibility index (Phi) is 7.56. The fraction of sp³-hybridized carbons (Fsp3) is 0. The summed E-state index contributed by atoms with van der Waals surface area (Å²) in [6.07, 6.45) is 0. The molecule has 0 spiro atoms. The van der Waals surface area contributed by atoms with Crippen molar-refractivity contribution in [2.75, 3.05) is 5.32 Å². The molecule has 4 nitrogen and oxygen atoms in total. The van der Waals surface area contributed by atoms with Crippen molar-refractivity contribution < 1.29 is 9.59 Å². The van der Waals surface area contributed by atoms with Crippen LogP contribution in [-0.4, -0.2) is 11.8 Å². The molecule has 0 radical (unpaired) electrons. The summed E-state index contributed by atoms with van der Waals surface area (Å²) >= 11 is 6.57. The summed E-state index contributed by atoms with van der Waals surface area (Å²) in [5.41, 5.74) is 6.99. The number of nitrogens with one attached hydrogen (secondary N) is 1. The van der Waals surface area contributed by atoms with Crippen LogP contribution in [0.5, 0.6) is 0 Å². The van der Waals surface area contributed by atoms with Gasteiger partial charge in [0.25, 0.3) is 5.91 Å². The van der Waals surface area contributed by atoms with E-state index in [9.17, 15) is 9.59 Å². The molecule has 0 aromatic heterocycles. The second-order valence-corrected chi connectivity index (χ2v) is 7.03. The molecule has 0 unspecified atom stereocenters. The summed E-state index contributed by atoms with van der Waals surface area (Å²) in [6, 6.07) is 23.6. The average molecular weight is 476 g/mol. The van der Waals surface area contributed by atoms with Gasteiger partial charge in [0.15, 0.2) is 0 Å². The topological polar surface area (TPSA) is 72.2 Å². The van der Waals surface area contributed by atoms with Crippen molar-refractivity contribution in [3.05, 3.63) is 98.9 Å². The SMILES string of the molecule is NC(=O)c1ccc(Br)cc1.O=C(Nc1ccccc1)c1ccc(Br)cc1. The molecule has 0 aliphatic carbocycles. The Bertz CT molecular complexity index is 865. The van der Waals surface area contributed by atoms with Gasteiger partial charge in [-0.2, -0.15) is 0 Å². The van der Waals surface area contributed by atoms with E-state index in [1.165, 1.54) is 0 Å². The summed E-state index contributed by atoms with van der Waals surface area (Å²) in [6.45, 7) is 0. The molecule has 2 amide bonds. The summed E-state index contributed by atoms with van der Waals surface area (Å²) in [5, 5.41) is 2.82. The molecule has 132 valence electrons. The molecule has 0 heterocycles. The van der Waals surface area contributed by atoms with Crippen LogP contribution in [0.15, 0.2) is 87.8 Å². The number of nitrogens with two attached hydrogens (primary N) is 1. The van der Waals surface area contributed by atoms with E-state index in [1.54, 1.807) is 36.4 Å². The van der Waals surface area contributed by atoms with Crippen molar-refractivity contribution in [3.63, 3.8) is 0 Å². The van der Waals surface area contributed by atoms with Crippen LogP contribution < -0.4 is 11.1 Å². The van der Waals surface area contributed by atoms with E-state index in [-0.39, 0.29) is 5.91 Å². The van der Waals surface area contributed by atoms with Gasteiger partial charge in [0.2, 0.25) is 5.91 Å². The Morgan fingerprint density at radius 2 is 1.15 bits per heavy atom. The number of hydrogen-bond acceptors (Lipinski definition) is 2. The third-order valence-corrected chi connectivity index (χ3v) is 4.32. The van der Waals surface area contributed by atoms with Crippen LogP contribution in [0, 0.1) is 0 Å². The number of hydrogen-bond donors (Lipinski definition) is 2. The van der Waals surface area contributed by atoms with Gasteiger partial charge in [-0.3, -0.25) is 9.59 Å². The molecule has 0 aliphatic rings. The average Bonchev–Trinajstić information content (AvgIpc) is 2.64. The van der Waals surface area contributed by atoms with Crippen LogP contribution in [0.2, 0.25) is 0 Å². The number of para-hydroxylation sites is 1. The first-order valence-corrected chi connectivity index (χ1v) is 9.21. The van der Waals surface area contributed by atoms with Crippen molar-refractivity contribution in [2.45, 2.75) is 0 Å². The second kappa shape index (κ2) is 9.89. The molecule has 3 rings (SSSR count). The zero-order valence-electron chi connectivity index (χ0n) is 13.7. The van der Waals surface area contributed by atoms with E-state index >= 15 is 0 Å². The van der Waals surface area contributed by atoms with Crippen LogP contribution in [0.3, 0.4) is 0 Å².